The van der Waals surface area contributed by atoms with E-state index < -0.39 is 25.5 Å². The lowest BCUT2D eigenvalue weighted by Gasteiger charge is -2.39. The number of phenolic OH excluding ortho intramolecular Hbond substituents is 1. The quantitative estimate of drug-likeness (QED) is 0.0940. The summed E-state index contributed by atoms with van der Waals surface area (Å²) in [6.45, 7) is 13.6. The molecule has 1 aromatic carbocycles. The zero-order valence-corrected chi connectivity index (χ0v) is 23.8. The van der Waals surface area contributed by atoms with Crippen LogP contribution in [0.2, 0.25) is 0 Å². The van der Waals surface area contributed by atoms with Crippen molar-refractivity contribution in [3.63, 3.8) is 0 Å². The zero-order valence-electron chi connectivity index (χ0n) is 22.9. The molecule has 1 saturated carbocycles. The van der Waals surface area contributed by atoms with E-state index in [1.54, 1.807) is 19.9 Å². The largest absolute Gasteiger partial charge is 0.507 e. The van der Waals surface area contributed by atoms with E-state index in [0.29, 0.717) is 12.0 Å². The highest BCUT2D eigenvalue weighted by Crippen LogP contribution is 2.54. The summed E-state index contributed by atoms with van der Waals surface area (Å²) in [5.41, 5.74) is 2.07. The van der Waals surface area contributed by atoms with Crippen molar-refractivity contribution < 1.29 is 33.1 Å². The number of ether oxygens (including phenoxy) is 1. The Balaban J connectivity index is 2.01. The van der Waals surface area contributed by atoms with Crippen LogP contribution in [0.1, 0.15) is 103 Å². The molecule has 3 rings (SSSR count). The molecule has 0 radical (unpaired) electrons. The van der Waals surface area contributed by atoms with Crippen LogP contribution >= 0.6 is 7.82 Å². The topological polar surface area (TPSA) is 102 Å². The van der Waals surface area contributed by atoms with E-state index in [9.17, 15) is 19.4 Å². The molecule has 2 aliphatic rings. The normalized spacial score (nSPS) is 22.6. The van der Waals surface area contributed by atoms with Gasteiger partial charge in [-0.3, -0.25) is 9.05 Å². The Morgan fingerprint density at radius 3 is 2.54 bits per heavy atom. The van der Waals surface area contributed by atoms with Crippen molar-refractivity contribution >= 4 is 13.8 Å². The molecule has 1 unspecified atom stereocenters. The van der Waals surface area contributed by atoms with Crippen molar-refractivity contribution in [3.05, 3.63) is 47.1 Å². The number of aryl methyl sites for hydroxylation is 1. The number of phosphoric acid groups is 1. The molecular weight excluding hydrogens is 491 g/mol. The number of hydrogen-bond acceptors (Lipinski definition) is 6. The van der Waals surface area contributed by atoms with Crippen molar-refractivity contribution in [3.8, 4) is 11.5 Å². The van der Waals surface area contributed by atoms with Gasteiger partial charge in [0.15, 0.2) is 5.60 Å². The molecule has 0 amide bonds. The van der Waals surface area contributed by atoms with Gasteiger partial charge in [0.1, 0.15) is 11.5 Å². The molecule has 7 nitrogen and oxygen atoms in total. The van der Waals surface area contributed by atoms with Crippen LogP contribution in [0.3, 0.4) is 0 Å². The summed E-state index contributed by atoms with van der Waals surface area (Å²) in [4.78, 5) is 23.8. The fraction of sp³-hybridized carbons (Fsp3) is 0.621. The average molecular weight is 535 g/mol. The number of rotatable bonds is 12. The van der Waals surface area contributed by atoms with E-state index in [1.165, 1.54) is 5.57 Å². The second kappa shape index (κ2) is 12.3. The van der Waals surface area contributed by atoms with Crippen LogP contribution in [0.15, 0.2) is 35.9 Å². The van der Waals surface area contributed by atoms with Crippen LogP contribution in [0.25, 0.3) is 0 Å². The molecule has 1 aromatic rings. The zero-order chi connectivity index (χ0) is 27.4. The van der Waals surface area contributed by atoms with Crippen LogP contribution in [-0.2, 0) is 24.8 Å². The van der Waals surface area contributed by atoms with E-state index in [-0.39, 0.29) is 36.2 Å². The molecule has 2 N–H and O–H groups in total. The second-order valence-electron chi connectivity index (χ2n) is 11.0. The van der Waals surface area contributed by atoms with Gasteiger partial charge in [-0.1, -0.05) is 43.6 Å². The van der Waals surface area contributed by atoms with E-state index in [2.05, 4.69) is 26.5 Å². The Labute approximate surface area is 221 Å². The maximum absolute atomic E-state index is 13.5. The van der Waals surface area contributed by atoms with Crippen LogP contribution < -0.4 is 4.74 Å². The Hall–Kier alpha value is -1.92. The summed E-state index contributed by atoms with van der Waals surface area (Å²) >= 11 is 0. The highest BCUT2D eigenvalue weighted by molar-refractivity contribution is 7.47. The second-order valence-corrected chi connectivity index (χ2v) is 12.3. The minimum absolute atomic E-state index is 0.0820. The first-order chi connectivity index (χ1) is 17.4. The summed E-state index contributed by atoms with van der Waals surface area (Å²) in [6.07, 6.45) is 8.40. The SMILES string of the molecule is C=C(C)[C@@H]1CCC(C)=C[C@H]1c1c(O)cc(CCCCC)cc1OC(=O)C1(OP(=O)(O)OC(C)C)CCC1. The summed E-state index contributed by atoms with van der Waals surface area (Å²) < 4.78 is 29.0. The Morgan fingerprint density at radius 2 is 1.97 bits per heavy atom. The van der Waals surface area contributed by atoms with Crippen LogP contribution in [-0.4, -0.2) is 27.7 Å². The lowest BCUT2D eigenvalue weighted by molar-refractivity contribution is -0.163. The van der Waals surface area contributed by atoms with Crippen molar-refractivity contribution in [2.45, 2.75) is 110 Å². The first-order valence-corrected chi connectivity index (χ1v) is 15.0. The van der Waals surface area contributed by atoms with Gasteiger partial charge in [-0.2, -0.15) is 0 Å². The average Bonchev–Trinajstić information content (AvgIpc) is 2.75. The first-order valence-electron chi connectivity index (χ1n) is 13.5. The van der Waals surface area contributed by atoms with Gasteiger partial charge in [0, 0.05) is 11.5 Å². The molecule has 0 aliphatic heterocycles. The predicted molar refractivity (Wildman–Crippen MR) is 145 cm³/mol. The van der Waals surface area contributed by atoms with Crippen molar-refractivity contribution in [2.24, 2.45) is 5.92 Å². The Kier molecular flexibility index (Phi) is 9.85. The molecule has 8 heteroatoms. The number of carbonyl (C=O) groups excluding carboxylic acids is 1. The third-order valence-electron chi connectivity index (χ3n) is 7.33. The number of aromatic hydroxyl groups is 1. The lowest BCUT2D eigenvalue weighted by Crippen LogP contribution is -2.49. The van der Waals surface area contributed by atoms with Gasteiger partial charge in [-0.05, 0) is 96.3 Å². The predicted octanol–water partition coefficient (Wildman–Crippen LogP) is 7.51. The van der Waals surface area contributed by atoms with Crippen LogP contribution in [0.5, 0.6) is 11.5 Å². The van der Waals surface area contributed by atoms with Gasteiger partial charge >= 0.3 is 13.8 Å². The molecule has 206 valence electrons. The van der Waals surface area contributed by atoms with E-state index >= 15 is 0 Å². The van der Waals surface area contributed by atoms with Gasteiger partial charge in [0.2, 0.25) is 0 Å². The first kappa shape index (κ1) is 29.6. The highest BCUT2D eigenvalue weighted by atomic mass is 31.2. The number of benzene rings is 1. The van der Waals surface area contributed by atoms with Gasteiger partial charge in [-0.15, -0.1) is 0 Å². The number of esters is 1. The van der Waals surface area contributed by atoms with Gasteiger partial charge in [0.25, 0.3) is 0 Å². The molecule has 0 aromatic heterocycles. The lowest BCUT2D eigenvalue weighted by atomic mass is 9.73. The molecule has 0 heterocycles. The summed E-state index contributed by atoms with van der Waals surface area (Å²) in [5, 5.41) is 11.3. The summed E-state index contributed by atoms with van der Waals surface area (Å²) in [7, 11) is -4.47. The fourth-order valence-corrected chi connectivity index (χ4v) is 6.52. The highest BCUT2D eigenvalue weighted by Gasteiger charge is 2.52. The summed E-state index contributed by atoms with van der Waals surface area (Å²) in [5.74, 6) is -0.506. The van der Waals surface area contributed by atoms with Crippen molar-refractivity contribution in [2.75, 3.05) is 0 Å². The van der Waals surface area contributed by atoms with Crippen LogP contribution in [0.4, 0.5) is 0 Å². The van der Waals surface area contributed by atoms with E-state index in [4.69, 9.17) is 13.8 Å². The molecule has 0 bridgehead atoms. The van der Waals surface area contributed by atoms with Crippen LogP contribution in [0, 0.1) is 5.92 Å². The molecule has 0 saturated heterocycles. The molecular formula is C29H43O7P. The maximum atomic E-state index is 13.5. The maximum Gasteiger partial charge on any atom is 0.473 e. The van der Waals surface area contributed by atoms with E-state index in [0.717, 1.165) is 49.7 Å². The monoisotopic (exact) mass is 534 g/mol. The number of unbranched alkanes of at least 4 members (excludes halogenated alkanes) is 2. The third kappa shape index (κ3) is 7.35. The summed E-state index contributed by atoms with van der Waals surface area (Å²) in [6, 6.07) is 3.59. The smallest absolute Gasteiger partial charge is 0.473 e. The van der Waals surface area contributed by atoms with E-state index in [1.807, 2.05) is 13.0 Å². The minimum atomic E-state index is -4.47. The molecule has 37 heavy (non-hydrogen) atoms. The van der Waals surface area contributed by atoms with Crippen molar-refractivity contribution in [1.82, 2.24) is 0 Å². The number of hydrogen-bond donors (Lipinski definition) is 2. The molecule has 0 spiro atoms. The molecule has 1 fully saturated rings. The van der Waals surface area contributed by atoms with Gasteiger partial charge in [0.05, 0.1) is 6.10 Å². The molecule has 2 aliphatic carbocycles. The minimum Gasteiger partial charge on any atom is -0.507 e. The number of carbonyl (C=O) groups is 1. The standard InChI is InChI=1S/C29H43O7P/c1-7-8-9-11-22-17-25(30)27(24-16-21(6)12-13-23(24)19(2)3)26(18-22)34-28(31)29(14-10-15-29)36-37(32,33)35-20(4)5/h16-18,20,23-24,30H,2,7-15H2,1,3-6H3,(H,32,33)/t23-,24+/m0/s1. The number of phenols is 1. The van der Waals surface area contributed by atoms with Gasteiger partial charge in [-0.25, -0.2) is 9.36 Å². The number of allylic oxidation sites excluding steroid dienone is 3. The van der Waals surface area contributed by atoms with Gasteiger partial charge < -0.3 is 14.7 Å². The fourth-order valence-electron chi connectivity index (χ4n) is 5.25. The van der Waals surface area contributed by atoms with Crippen molar-refractivity contribution in [1.29, 1.82) is 0 Å². The Morgan fingerprint density at radius 1 is 1.27 bits per heavy atom. The number of phosphoric ester groups is 1. The molecule has 3 atom stereocenters. The Bertz CT molecular complexity index is 1070. The third-order valence-corrected chi connectivity index (χ3v) is 8.60.